The van der Waals surface area contributed by atoms with Crippen LogP contribution in [-0.4, -0.2) is 73.5 Å². The molecule has 1 N–H and O–H groups in total. The lowest BCUT2D eigenvalue weighted by molar-refractivity contribution is -0.0856. The molecule has 33 heavy (non-hydrogen) atoms. The maximum absolute atomic E-state index is 13.9. The van der Waals surface area contributed by atoms with E-state index in [2.05, 4.69) is 5.32 Å². The van der Waals surface area contributed by atoms with Crippen LogP contribution in [0.25, 0.3) is 0 Å². The average molecular weight is 514 g/mol. The van der Waals surface area contributed by atoms with Crippen LogP contribution in [0, 0.1) is 11.6 Å². The van der Waals surface area contributed by atoms with E-state index in [1.54, 1.807) is 6.92 Å². The summed E-state index contributed by atoms with van der Waals surface area (Å²) in [4.78, 5) is 14.6. The van der Waals surface area contributed by atoms with Crippen LogP contribution in [0.5, 0.6) is 0 Å². The summed E-state index contributed by atoms with van der Waals surface area (Å²) in [5.74, 6) is -5.89. The molecule has 3 rings (SSSR count). The summed E-state index contributed by atoms with van der Waals surface area (Å²) in [5.41, 5.74) is -1.05. The monoisotopic (exact) mass is 513 g/mol. The topological polar surface area (TPSA) is 69.7 Å². The fourth-order valence-electron chi connectivity index (χ4n) is 4.55. The van der Waals surface area contributed by atoms with Crippen LogP contribution in [0.4, 0.5) is 17.6 Å². The van der Waals surface area contributed by atoms with Gasteiger partial charge in [-0.2, -0.15) is 4.31 Å². The molecule has 12 heteroatoms. The zero-order chi connectivity index (χ0) is 24.4. The number of hydrogen-bond donors (Lipinski definition) is 1. The number of halogens is 5. The fraction of sp³-hybridized carbons (Fsp3) is 0.667. The Hall–Kier alpha value is -1.43. The first-order valence-electron chi connectivity index (χ1n) is 10.9. The van der Waals surface area contributed by atoms with Crippen molar-refractivity contribution in [3.63, 3.8) is 0 Å². The third kappa shape index (κ3) is 5.98. The molecule has 2 aliphatic rings. The summed E-state index contributed by atoms with van der Waals surface area (Å²) in [6.45, 7) is 2.95. The Kier molecular flexibility index (Phi) is 7.97. The number of nitrogens with one attached hydrogen (secondary N) is 1. The van der Waals surface area contributed by atoms with E-state index in [4.69, 9.17) is 11.6 Å². The van der Waals surface area contributed by atoms with Crippen molar-refractivity contribution in [2.24, 2.45) is 0 Å². The van der Waals surface area contributed by atoms with E-state index in [9.17, 15) is 30.8 Å². The van der Waals surface area contributed by atoms with Gasteiger partial charge in [-0.1, -0.05) is 18.5 Å². The molecule has 0 bridgehead atoms. The van der Waals surface area contributed by atoms with E-state index >= 15 is 0 Å². The second-order valence-electron chi connectivity index (χ2n) is 8.71. The van der Waals surface area contributed by atoms with Gasteiger partial charge in [-0.3, -0.25) is 9.69 Å². The summed E-state index contributed by atoms with van der Waals surface area (Å²) in [7, 11) is -3.36. The van der Waals surface area contributed by atoms with Crippen molar-refractivity contribution < 1.29 is 30.8 Å². The molecule has 1 aliphatic carbocycles. The highest BCUT2D eigenvalue weighted by molar-refractivity contribution is 7.89. The molecule has 0 aromatic heterocycles. The van der Waals surface area contributed by atoms with E-state index in [1.807, 2.05) is 4.90 Å². The summed E-state index contributed by atoms with van der Waals surface area (Å²) >= 11 is 5.88. The molecule has 0 spiro atoms. The first-order valence-corrected chi connectivity index (χ1v) is 12.9. The number of piperazine rings is 1. The molecular formula is C21H28ClF4N3O3S. The Morgan fingerprint density at radius 1 is 1.06 bits per heavy atom. The van der Waals surface area contributed by atoms with Crippen molar-refractivity contribution in [3.8, 4) is 0 Å². The fourth-order valence-corrected chi connectivity index (χ4v) is 6.28. The van der Waals surface area contributed by atoms with Crippen LogP contribution in [0.2, 0.25) is 5.02 Å². The number of rotatable bonds is 7. The number of alkyl halides is 2. The molecule has 186 valence electrons. The summed E-state index contributed by atoms with van der Waals surface area (Å²) in [5, 5.41) is 2.39. The smallest absolute Gasteiger partial charge is 0.252 e. The molecule has 2 fully saturated rings. The number of carbonyl (C=O) groups excluding carboxylic acids is 1. The van der Waals surface area contributed by atoms with Crippen LogP contribution >= 0.6 is 11.6 Å². The molecule has 0 atom stereocenters. The van der Waals surface area contributed by atoms with Crippen LogP contribution in [0.3, 0.4) is 0 Å². The van der Waals surface area contributed by atoms with Crippen LogP contribution in [0.15, 0.2) is 12.1 Å². The first kappa shape index (κ1) is 26.2. The van der Waals surface area contributed by atoms with Gasteiger partial charge in [0, 0.05) is 51.1 Å². The number of nitrogens with zero attached hydrogens (tertiary/aromatic N) is 2. The lowest BCUT2D eigenvalue weighted by Gasteiger charge is -2.50. The largest absolute Gasteiger partial charge is 0.350 e. The second kappa shape index (κ2) is 10.1. The number of benzene rings is 1. The standard InChI is InChI=1S/C21H28ClF4N3O3S/c1-2-11-33(31,32)29-9-7-28(8-10-29)20(3-5-21(25,26)6-4-20)14-27-19(30)15-12-17(23)18(24)13-16(15)22/h12-13H,2-11,14H2,1H3,(H,27,30). The third-order valence-corrected chi connectivity index (χ3v) is 8.90. The lowest BCUT2D eigenvalue weighted by atomic mass is 9.78. The third-order valence-electron chi connectivity index (χ3n) is 6.51. The first-order chi connectivity index (χ1) is 15.4. The Morgan fingerprint density at radius 2 is 1.64 bits per heavy atom. The summed E-state index contributed by atoms with van der Waals surface area (Å²) < 4.78 is 80.9. The Labute approximate surface area is 196 Å². The SMILES string of the molecule is CCCS(=O)(=O)N1CCN(C2(CNC(=O)c3cc(F)c(F)cc3Cl)CCC(F)(F)CC2)CC1. The van der Waals surface area contributed by atoms with E-state index in [0.717, 1.165) is 0 Å². The zero-order valence-electron chi connectivity index (χ0n) is 18.4. The highest BCUT2D eigenvalue weighted by Crippen LogP contribution is 2.42. The number of hydrogen-bond acceptors (Lipinski definition) is 4. The van der Waals surface area contributed by atoms with Crippen molar-refractivity contribution in [2.45, 2.75) is 50.5 Å². The van der Waals surface area contributed by atoms with Gasteiger partial charge in [-0.15, -0.1) is 0 Å². The highest BCUT2D eigenvalue weighted by atomic mass is 35.5. The molecule has 1 amide bonds. The maximum Gasteiger partial charge on any atom is 0.252 e. The molecule has 0 radical (unpaired) electrons. The summed E-state index contributed by atoms with van der Waals surface area (Å²) in [6.07, 6.45) is -0.00651. The van der Waals surface area contributed by atoms with Crippen molar-refractivity contribution in [1.29, 1.82) is 0 Å². The molecule has 1 aromatic rings. The van der Waals surface area contributed by atoms with Crippen molar-refractivity contribution >= 4 is 27.5 Å². The number of sulfonamides is 1. The van der Waals surface area contributed by atoms with Gasteiger partial charge in [-0.05, 0) is 31.4 Å². The van der Waals surface area contributed by atoms with Crippen LogP contribution in [-0.2, 0) is 10.0 Å². The van der Waals surface area contributed by atoms with Gasteiger partial charge in [0.2, 0.25) is 15.9 Å². The second-order valence-corrected chi connectivity index (χ2v) is 11.2. The molecule has 0 unspecified atom stereocenters. The molecule has 1 aromatic carbocycles. The number of amides is 1. The van der Waals surface area contributed by atoms with E-state index < -0.39 is 39.0 Å². The zero-order valence-corrected chi connectivity index (χ0v) is 19.9. The Morgan fingerprint density at radius 3 is 2.21 bits per heavy atom. The van der Waals surface area contributed by atoms with E-state index in [0.29, 0.717) is 31.6 Å². The van der Waals surface area contributed by atoms with Crippen LogP contribution in [0.1, 0.15) is 49.4 Å². The van der Waals surface area contributed by atoms with Gasteiger partial charge in [0.15, 0.2) is 11.6 Å². The van der Waals surface area contributed by atoms with Gasteiger partial charge in [0.05, 0.1) is 16.3 Å². The van der Waals surface area contributed by atoms with Gasteiger partial charge >= 0.3 is 0 Å². The molecule has 1 saturated carbocycles. The normalized spacial score (nSPS) is 21.6. The van der Waals surface area contributed by atoms with E-state index in [1.165, 1.54) is 4.31 Å². The minimum atomic E-state index is -3.36. The molecule has 6 nitrogen and oxygen atoms in total. The van der Waals surface area contributed by atoms with Crippen LogP contribution < -0.4 is 5.32 Å². The minimum absolute atomic E-state index is 0.00104. The quantitative estimate of drug-likeness (QED) is 0.446. The molecular weight excluding hydrogens is 486 g/mol. The van der Waals surface area contributed by atoms with Gasteiger partial charge in [0.25, 0.3) is 5.91 Å². The van der Waals surface area contributed by atoms with Crippen molar-refractivity contribution in [3.05, 3.63) is 34.4 Å². The van der Waals surface area contributed by atoms with E-state index in [-0.39, 0.29) is 61.7 Å². The maximum atomic E-state index is 13.9. The summed E-state index contributed by atoms with van der Waals surface area (Å²) in [6, 6.07) is 1.41. The van der Waals surface area contributed by atoms with Gasteiger partial charge in [-0.25, -0.2) is 26.0 Å². The minimum Gasteiger partial charge on any atom is -0.350 e. The van der Waals surface area contributed by atoms with Crippen molar-refractivity contribution in [1.82, 2.24) is 14.5 Å². The Bertz CT molecular complexity index is 975. The lowest BCUT2D eigenvalue weighted by Crippen LogP contribution is -2.63. The predicted octanol–water partition coefficient (Wildman–Crippen LogP) is 3.65. The van der Waals surface area contributed by atoms with Crippen molar-refractivity contribution in [2.75, 3.05) is 38.5 Å². The molecule has 1 saturated heterocycles. The average Bonchev–Trinajstić information content (AvgIpc) is 2.76. The van der Waals surface area contributed by atoms with Gasteiger partial charge < -0.3 is 5.32 Å². The highest BCUT2D eigenvalue weighted by Gasteiger charge is 2.47. The Balaban J connectivity index is 1.74. The number of carbonyl (C=O) groups is 1. The molecule has 1 heterocycles. The molecule has 1 aliphatic heterocycles. The predicted molar refractivity (Wildman–Crippen MR) is 117 cm³/mol. The van der Waals surface area contributed by atoms with Gasteiger partial charge in [0.1, 0.15) is 0 Å².